The maximum absolute atomic E-state index is 13.8. The van der Waals surface area contributed by atoms with Gasteiger partial charge >= 0.3 is 12.1 Å². The predicted molar refractivity (Wildman–Crippen MR) is 107 cm³/mol. The second kappa shape index (κ2) is 8.54. The standard InChI is InChI=1S/C21H20Cl2F3NO2/c1-12-6-14(3-5-18(12)22)17(21(24,25)26)8-13-2-4-19(23)15(7-13)9-27-10-16(11-27)20(28)29/h2-7,16-17H,8-11H2,1H3,(H,28,29)/t17-/m0/s1. The summed E-state index contributed by atoms with van der Waals surface area (Å²) in [6.45, 7) is 2.90. The molecule has 1 N–H and O–H groups in total. The maximum atomic E-state index is 13.8. The number of carboxylic acids is 1. The molecular weight excluding hydrogens is 426 g/mol. The van der Waals surface area contributed by atoms with Crippen molar-refractivity contribution in [2.75, 3.05) is 13.1 Å². The number of alkyl halides is 3. The Bertz CT molecular complexity index is 911. The average molecular weight is 446 g/mol. The van der Waals surface area contributed by atoms with Gasteiger partial charge < -0.3 is 5.11 Å². The molecule has 29 heavy (non-hydrogen) atoms. The van der Waals surface area contributed by atoms with Crippen LogP contribution in [0.4, 0.5) is 13.2 Å². The van der Waals surface area contributed by atoms with Gasteiger partial charge in [-0.15, -0.1) is 0 Å². The van der Waals surface area contributed by atoms with Crippen LogP contribution in [0.5, 0.6) is 0 Å². The number of carbonyl (C=O) groups is 1. The van der Waals surface area contributed by atoms with E-state index in [9.17, 15) is 18.0 Å². The molecule has 1 aliphatic rings. The van der Waals surface area contributed by atoms with Crippen LogP contribution in [0.3, 0.4) is 0 Å². The Morgan fingerprint density at radius 2 is 1.83 bits per heavy atom. The summed E-state index contributed by atoms with van der Waals surface area (Å²) in [6, 6.07) is 9.25. The van der Waals surface area contributed by atoms with Crippen molar-refractivity contribution in [2.24, 2.45) is 5.92 Å². The van der Waals surface area contributed by atoms with Crippen molar-refractivity contribution in [3.63, 3.8) is 0 Å². The molecule has 1 aliphatic heterocycles. The molecule has 156 valence electrons. The summed E-state index contributed by atoms with van der Waals surface area (Å²) in [6.07, 6.45) is -4.63. The number of aliphatic carboxylic acids is 1. The minimum Gasteiger partial charge on any atom is -0.481 e. The Labute approximate surface area is 177 Å². The maximum Gasteiger partial charge on any atom is 0.396 e. The highest BCUT2D eigenvalue weighted by molar-refractivity contribution is 6.31. The Morgan fingerprint density at radius 1 is 1.17 bits per heavy atom. The monoisotopic (exact) mass is 445 g/mol. The molecule has 1 atom stereocenters. The quantitative estimate of drug-likeness (QED) is 0.619. The zero-order valence-electron chi connectivity index (χ0n) is 15.6. The summed E-state index contributed by atoms with van der Waals surface area (Å²) in [5.74, 6) is -2.90. The van der Waals surface area contributed by atoms with Gasteiger partial charge in [0.15, 0.2) is 0 Å². The first-order valence-corrected chi connectivity index (χ1v) is 9.85. The van der Waals surface area contributed by atoms with Gasteiger partial charge in [-0.05, 0) is 47.7 Å². The normalized spacial score (nSPS) is 16.5. The lowest BCUT2D eigenvalue weighted by Crippen LogP contribution is -2.49. The molecule has 0 bridgehead atoms. The fourth-order valence-electron chi connectivity index (χ4n) is 3.52. The lowest BCUT2D eigenvalue weighted by Gasteiger charge is -2.36. The summed E-state index contributed by atoms with van der Waals surface area (Å²) in [4.78, 5) is 12.8. The van der Waals surface area contributed by atoms with E-state index in [1.165, 1.54) is 18.2 Å². The Balaban J connectivity index is 1.79. The molecule has 3 nitrogen and oxygen atoms in total. The van der Waals surface area contributed by atoms with Crippen LogP contribution in [0.1, 0.15) is 28.2 Å². The van der Waals surface area contributed by atoms with Gasteiger partial charge in [0.25, 0.3) is 0 Å². The number of aryl methyl sites for hydroxylation is 1. The van der Waals surface area contributed by atoms with E-state index in [-0.39, 0.29) is 12.0 Å². The Morgan fingerprint density at radius 3 is 2.41 bits per heavy atom. The summed E-state index contributed by atoms with van der Waals surface area (Å²) >= 11 is 12.2. The summed E-state index contributed by atoms with van der Waals surface area (Å²) in [7, 11) is 0. The van der Waals surface area contributed by atoms with Crippen LogP contribution < -0.4 is 0 Å². The molecule has 2 aromatic rings. The molecule has 0 radical (unpaired) electrons. The van der Waals surface area contributed by atoms with Crippen LogP contribution in [0.15, 0.2) is 36.4 Å². The number of hydrogen-bond donors (Lipinski definition) is 1. The number of likely N-dealkylation sites (tertiary alicyclic amines) is 1. The molecular formula is C21H20Cl2F3NO2. The van der Waals surface area contributed by atoms with E-state index in [1.807, 2.05) is 4.90 Å². The third-order valence-electron chi connectivity index (χ3n) is 5.23. The molecule has 0 aromatic heterocycles. The molecule has 0 unspecified atom stereocenters. The number of rotatable bonds is 6. The minimum atomic E-state index is -4.41. The SMILES string of the molecule is Cc1cc([C@H](Cc2ccc(Cl)c(CN3CC(C(=O)O)C3)c2)C(F)(F)F)ccc1Cl. The van der Waals surface area contributed by atoms with Crippen molar-refractivity contribution in [1.29, 1.82) is 0 Å². The van der Waals surface area contributed by atoms with E-state index >= 15 is 0 Å². The molecule has 0 saturated carbocycles. The van der Waals surface area contributed by atoms with E-state index in [2.05, 4.69) is 0 Å². The summed E-state index contributed by atoms with van der Waals surface area (Å²) < 4.78 is 41.3. The van der Waals surface area contributed by atoms with Crippen LogP contribution in [0.2, 0.25) is 10.0 Å². The predicted octanol–water partition coefficient (Wildman–Crippen LogP) is 5.71. The van der Waals surface area contributed by atoms with Crippen molar-refractivity contribution in [2.45, 2.75) is 32.0 Å². The first-order valence-electron chi connectivity index (χ1n) is 9.10. The molecule has 3 rings (SSSR count). The molecule has 8 heteroatoms. The van der Waals surface area contributed by atoms with Crippen molar-refractivity contribution in [3.8, 4) is 0 Å². The van der Waals surface area contributed by atoms with Gasteiger partial charge in [-0.2, -0.15) is 13.2 Å². The van der Waals surface area contributed by atoms with Gasteiger partial charge in [-0.3, -0.25) is 9.69 Å². The minimum absolute atomic E-state index is 0.169. The number of hydrogen-bond acceptors (Lipinski definition) is 2. The van der Waals surface area contributed by atoms with Crippen LogP contribution >= 0.6 is 23.2 Å². The smallest absolute Gasteiger partial charge is 0.396 e. The Hall–Kier alpha value is -1.76. The van der Waals surface area contributed by atoms with Crippen LogP contribution in [-0.4, -0.2) is 35.2 Å². The topological polar surface area (TPSA) is 40.5 Å². The highest BCUT2D eigenvalue weighted by Gasteiger charge is 2.41. The molecule has 2 aromatic carbocycles. The van der Waals surface area contributed by atoms with Crippen molar-refractivity contribution < 1.29 is 23.1 Å². The van der Waals surface area contributed by atoms with E-state index < -0.39 is 24.0 Å². The number of benzene rings is 2. The molecule has 0 amide bonds. The highest BCUT2D eigenvalue weighted by atomic mass is 35.5. The van der Waals surface area contributed by atoms with Crippen LogP contribution in [0, 0.1) is 12.8 Å². The van der Waals surface area contributed by atoms with Gasteiger partial charge in [0.1, 0.15) is 0 Å². The van der Waals surface area contributed by atoms with Gasteiger partial charge in [0.2, 0.25) is 0 Å². The zero-order chi connectivity index (χ0) is 21.3. The van der Waals surface area contributed by atoms with Crippen LogP contribution in [0.25, 0.3) is 0 Å². The first-order chi connectivity index (χ1) is 13.5. The van der Waals surface area contributed by atoms with Crippen molar-refractivity contribution in [3.05, 3.63) is 68.7 Å². The Kier molecular flexibility index (Phi) is 6.46. The van der Waals surface area contributed by atoms with Crippen LogP contribution in [-0.2, 0) is 17.8 Å². The third-order valence-corrected chi connectivity index (χ3v) is 6.02. The molecule has 0 spiro atoms. The zero-order valence-corrected chi connectivity index (χ0v) is 17.2. The van der Waals surface area contributed by atoms with Gasteiger partial charge in [-0.25, -0.2) is 0 Å². The molecule has 1 saturated heterocycles. The van der Waals surface area contributed by atoms with Gasteiger partial charge in [0, 0.05) is 29.7 Å². The van der Waals surface area contributed by atoms with Crippen molar-refractivity contribution >= 4 is 29.2 Å². The lowest BCUT2D eigenvalue weighted by molar-refractivity contribution is -0.150. The first kappa shape index (κ1) is 21.9. The van der Waals surface area contributed by atoms with Gasteiger partial charge in [-0.1, -0.05) is 47.5 Å². The fraction of sp³-hybridized carbons (Fsp3) is 0.381. The van der Waals surface area contributed by atoms with Gasteiger partial charge in [0.05, 0.1) is 11.8 Å². The molecule has 1 heterocycles. The number of nitrogens with zero attached hydrogens (tertiary/aromatic N) is 1. The number of halogens is 5. The van der Waals surface area contributed by atoms with E-state index in [1.54, 1.807) is 25.1 Å². The van der Waals surface area contributed by atoms with Crippen molar-refractivity contribution in [1.82, 2.24) is 4.90 Å². The fourth-order valence-corrected chi connectivity index (χ4v) is 3.81. The molecule has 0 aliphatic carbocycles. The summed E-state index contributed by atoms with van der Waals surface area (Å²) in [5, 5.41) is 9.85. The lowest BCUT2D eigenvalue weighted by atomic mass is 9.90. The van der Waals surface area contributed by atoms with E-state index in [0.29, 0.717) is 46.4 Å². The third kappa shape index (κ3) is 5.24. The summed E-state index contributed by atoms with van der Waals surface area (Å²) in [5.41, 5.74) is 1.99. The second-order valence-electron chi connectivity index (χ2n) is 7.46. The molecule has 1 fully saturated rings. The number of carboxylic acid groups (broad SMARTS) is 1. The van der Waals surface area contributed by atoms with E-state index in [0.717, 1.165) is 0 Å². The second-order valence-corrected chi connectivity index (χ2v) is 8.28. The van der Waals surface area contributed by atoms with E-state index in [4.69, 9.17) is 28.3 Å². The average Bonchev–Trinajstić information content (AvgIpc) is 2.59. The largest absolute Gasteiger partial charge is 0.481 e. The highest BCUT2D eigenvalue weighted by Crippen LogP contribution is 2.39.